The minimum Gasteiger partial charge on any atom is -0.490 e. The van der Waals surface area contributed by atoms with Crippen molar-refractivity contribution in [1.82, 2.24) is 9.38 Å². The molecule has 0 amide bonds. The summed E-state index contributed by atoms with van der Waals surface area (Å²) >= 11 is 7.46. The summed E-state index contributed by atoms with van der Waals surface area (Å²) in [6, 6.07) is 22.6. The average Bonchev–Trinajstić information content (AvgIpc) is 3.29. The minimum atomic E-state index is -0.0502. The molecular weight excluding hydrogens is 432 g/mol. The van der Waals surface area contributed by atoms with Gasteiger partial charge in [-0.1, -0.05) is 59.3 Å². The number of hydrogen-bond donors (Lipinski definition) is 0. The number of rotatable bonds is 6. The van der Waals surface area contributed by atoms with E-state index >= 15 is 0 Å². The fraction of sp³-hybridized carbons (Fsp3) is 0.0833. The number of fused-ring (bicyclic) bond motifs is 3. The van der Waals surface area contributed by atoms with Crippen LogP contribution in [0.1, 0.15) is 5.56 Å². The van der Waals surface area contributed by atoms with E-state index < -0.39 is 0 Å². The number of ether oxygens (including phenoxy) is 2. The first kappa shape index (κ1) is 19.6. The van der Waals surface area contributed by atoms with Gasteiger partial charge in [0.05, 0.1) is 20.6 Å². The number of thiazole rings is 1. The molecule has 0 unspecified atom stereocenters. The number of hydrogen-bond acceptors (Lipinski definition) is 5. The van der Waals surface area contributed by atoms with Crippen molar-refractivity contribution in [3.8, 4) is 11.5 Å². The predicted molar refractivity (Wildman–Crippen MR) is 125 cm³/mol. The third kappa shape index (κ3) is 4.00. The first-order valence-electron chi connectivity index (χ1n) is 9.71. The smallest absolute Gasteiger partial charge is 0.274 e. The molecular formula is C24H17ClN2O3S. The van der Waals surface area contributed by atoms with Crippen molar-refractivity contribution < 1.29 is 9.47 Å². The van der Waals surface area contributed by atoms with E-state index in [-0.39, 0.29) is 5.56 Å². The summed E-state index contributed by atoms with van der Waals surface area (Å²) in [6.07, 6.45) is 1.88. The predicted octanol–water partition coefficient (Wildman–Crippen LogP) is 4.57. The summed E-state index contributed by atoms with van der Waals surface area (Å²) in [5, 5.41) is 0.578. The Labute approximate surface area is 186 Å². The van der Waals surface area contributed by atoms with Crippen molar-refractivity contribution in [2.24, 2.45) is 0 Å². The summed E-state index contributed by atoms with van der Waals surface area (Å²) < 4.78 is 13.7. The molecule has 0 aliphatic carbocycles. The van der Waals surface area contributed by atoms with Gasteiger partial charge >= 0.3 is 0 Å². The van der Waals surface area contributed by atoms with Gasteiger partial charge in [-0.15, -0.1) is 0 Å². The number of halogens is 1. The molecule has 0 radical (unpaired) electrons. The normalized spacial score (nSPS) is 12.0. The lowest BCUT2D eigenvalue weighted by atomic mass is 10.2. The quantitative estimate of drug-likeness (QED) is 0.357. The van der Waals surface area contributed by atoms with Crippen molar-refractivity contribution in [1.29, 1.82) is 0 Å². The largest absolute Gasteiger partial charge is 0.490 e. The number of nitrogens with zero attached hydrogens (tertiary/aromatic N) is 2. The monoisotopic (exact) mass is 448 g/mol. The van der Waals surface area contributed by atoms with E-state index in [1.54, 1.807) is 10.5 Å². The molecule has 0 N–H and O–H groups in total. The van der Waals surface area contributed by atoms with Crippen molar-refractivity contribution in [3.63, 3.8) is 0 Å². The maximum absolute atomic E-state index is 12.8. The molecule has 5 aromatic rings. The van der Waals surface area contributed by atoms with Gasteiger partial charge in [0.25, 0.3) is 5.56 Å². The fourth-order valence-corrected chi connectivity index (χ4v) is 4.47. The van der Waals surface area contributed by atoms with Crippen LogP contribution in [-0.2, 0) is 0 Å². The third-order valence-electron chi connectivity index (χ3n) is 4.77. The van der Waals surface area contributed by atoms with E-state index in [1.807, 2.05) is 72.8 Å². The van der Waals surface area contributed by atoms with Crippen LogP contribution in [0.15, 0.2) is 77.6 Å². The van der Waals surface area contributed by atoms with E-state index in [1.165, 1.54) is 11.3 Å². The van der Waals surface area contributed by atoms with Gasteiger partial charge in [0.2, 0.25) is 0 Å². The third-order valence-corrected chi connectivity index (χ3v) is 6.05. The van der Waals surface area contributed by atoms with Crippen LogP contribution >= 0.6 is 22.9 Å². The Bertz CT molecular complexity index is 1470. The molecule has 154 valence electrons. The Morgan fingerprint density at radius 3 is 2.52 bits per heavy atom. The highest BCUT2D eigenvalue weighted by Gasteiger charge is 2.10. The van der Waals surface area contributed by atoms with Crippen LogP contribution in [0.3, 0.4) is 0 Å². The summed E-state index contributed by atoms with van der Waals surface area (Å²) in [5.74, 6) is 1.37. The van der Waals surface area contributed by atoms with E-state index in [0.29, 0.717) is 33.5 Å². The molecule has 2 heterocycles. The molecule has 0 spiro atoms. The molecule has 0 saturated heterocycles. The maximum atomic E-state index is 12.8. The zero-order valence-corrected chi connectivity index (χ0v) is 17.9. The highest BCUT2D eigenvalue weighted by atomic mass is 35.5. The zero-order chi connectivity index (χ0) is 21.2. The van der Waals surface area contributed by atoms with E-state index in [4.69, 9.17) is 21.1 Å². The van der Waals surface area contributed by atoms with Gasteiger partial charge in [-0.25, -0.2) is 9.38 Å². The van der Waals surface area contributed by atoms with Crippen molar-refractivity contribution in [2.45, 2.75) is 0 Å². The van der Waals surface area contributed by atoms with Crippen LogP contribution in [0.4, 0.5) is 0 Å². The summed E-state index contributed by atoms with van der Waals surface area (Å²) in [7, 11) is 0. The van der Waals surface area contributed by atoms with Crippen LogP contribution in [0.25, 0.3) is 22.1 Å². The molecule has 5 nitrogen and oxygen atoms in total. The minimum absolute atomic E-state index is 0.0502. The molecule has 0 aliphatic heterocycles. The molecule has 3 aromatic carbocycles. The Morgan fingerprint density at radius 2 is 1.68 bits per heavy atom. The highest BCUT2D eigenvalue weighted by molar-refractivity contribution is 7.15. The number of benzene rings is 3. The zero-order valence-electron chi connectivity index (χ0n) is 16.3. The molecule has 5 rings (SSSR count). The summed E-state index contributed by atoms with van der Waals surface area (Å²) in [4.78, 5) is 18.1. The maximum Gasteiger partial charge on any atom is 0.274 e. The van der Waals surface area contributed by atoms with Crippen molar-refractivity contribution in [3.05, 3.63) is 98.3 Å². The van der Waals surface area contributed by atoms with Gasteiger partial charge in [0.1, 0.15) is 24.7 Å². The lowest BCUT2D eigenvalue weighted by molar-refractivity contribution is 0.217. The average molecular weight is 449 g/mol. The first-order chi connectivity index (χ1) is 15.2. The van der Waals surface area contributed by atoms with E-state index in [2.05, 4.69) is 4.98 Å². The highest BCUT2D eigenvalue weighted by Crippen LogP contribution is 2.23. The molecule has 7 heteroatoms. The van der Waals surface area contributed by atoms with Gasteiger partial charge < -0.3 is 9.47 Å². The number of imidazole rings is 1. The SMILES string of the molecule is O=c1/c(=C/c2ccc(OCCOc3ccccc3Cl)cc2)sc2nc3ccccc3n12. The molecule has 0 saturated carbocycles. The Hall–Kier alpha value is -3.35. The second-order valence-corrected chi connectivity index (χ2v) is 8.25. The topological polar surface area (TPSA) is 52.8 Å². The lowest BCUT2D eigenvalue weighted by Gasteiger charge is -2.09. The van der Waals surface area contributed by atoms with Crippen LogP contribution in [-0.4, -0.2) is 22.6 Å². The van der Waals surface area contributed by atoms with Gasteiger partial charge in [-0.3, -0.25) is 4.79 Å². The van der Waals surface area contributed by atoms with Gasteiger partial charge in [0, 0.05) is 0 Å². The molecule has 2 aromatic heterocycles. The summed E-state index contributed by atoms with van der Waals surface area (Å²) in [5.41, 5.74) is 2.54. The van der Waals surface area contributed by atoms with Crippen LogP contribution < -0.4 is 19.6 Å². The Balaban J connectivity index is 1.28. The standard InChI is InChI=1S/C24H17ClN2O3S/c25-18-5-1-4-8-21(18)30-14-13-29-17-11-9-16(10-12-17)15-22-23(28)27-20-7-3-2-6-19(20)26-24(27)31-22/h1-12,15H,13-14H2/b22-15-. The first-order valence-corrected chi connectivity index (χ1v) is 10.9. The van der Waals surface area contributed by atoms with Crippen LogP contribution in [0.2, 0.25) is 5.02 Å². The Morgan fingerprint density at radius 1 is 0.935 bits per heavy atom. The second-order valence-electron chi connectivity index (χ2n) is 6.83. The molecule has 0 bridgehead atoms. The van der Waals surface area contributed by atoms with Crippen LogP contribution in [0.5, 0.6) is 11.5 Å². The molecule has 31 heavy (non-hydrogen) atoms. The van der Waals surface area contributed by atoms with Gasteiger partial charge in [-0.05, 0) is 48.0 Å². The van der Waals surface area contributed by atoms with E-state index in [0.717, 1.165) is 22.3 Å². The van der Waals surface area contributed by atoms with E-state index in [9.17, 15) is 4.79 Å². The number of para-hydroxylation sites is 3. The van der Waals surface area contributed by atoms with Crippen LogP contribution in [0, 0.1) is 0 Å². The number of aromatic nitrogens is 2. The Kier molecular flexibility index (Phi) is 5.32. The van der Waals surface area contributed by atoms with Crippen molar-refractivity contribution in [2.75, 3.05) is 13.2 Å². The lowest BCUT2D eigenvalue weighted by Crippen LogP contribution is -2.22. The van der Waals surface area contributed by atoms with Crippen molar-refractivity contribution >= 4 is 45.0 Å². The fourth-order valence-electron chi connectivity index (χ4n) is 3.30. The molecule has 0 atom stereocenters. The molecule has 0 aliphatic rings. The van der Waals surface area contributed by atoms with Gasteiger partial charge in [-0.2, -0.15) is 0 Å². The summed E-state index contributed by atoms with van der Waals surface area (Å²) in [6.45, 7) is 0.786. The second kappa shape index (κ2) is 8.41. The molecule has 0 fully saturated rings. The van der Waals surface area contributed by atoms with Gasteiger partial charge in [0.15, 0.2) is 4.96 Å².